The van der Waals surface area contributed by atoms with Gasteiger partial charge in [-0.3, -0.25) is 0 Å². The number of ether oxygens (including phenoxy) is 1. The third kappa shape index (κ3) is 4.64. The molecule has 0 spiro atoms. The number of hydrogen-bond acceptors (Lipinski definition) is 6. The van der Waals surface area contributed by atoms with Gasteiger partial charge in [0.15, 0.2) is 0 Å². The normalized spacial score (nSPS) is 11.3. The van der Waals surface area contributed by atoms with Crippen LogP contribution in [0.2, 0.25) is 0 Å². The molecular weight excluding hydrogens is 316 g/mol. The molecule has 124 valence electrons. The molecule has 0 fully saturated rings. The van der Waals surface area contributed by atoms with Gasteiger partial charge < -0.3 is 10.1 Å². The lowest BCUT2D eigenvalue weighted by Gasteiger charge is -2.12. The van der Waals surface area contributed by atoms with E-state index < -0.39 is 10.0 Å². The summed E-state index contributed by atoms with van der Waals surface area (Å²) in [5.74, 6) is 0.920. The zero-order valence-corrected chi connectivity index (χ0v) is 14.1. The molecule has 0 aliphatic carbocycles. The highest BCUT2D eigenvalue weighted by atomic mass is 32.2. The number of hydrogen-bond donors (Lipinski definition) is 2. The third-order valence-corrected chi connectivity index (χ3v) is 4.61. The van der Waals surface area contributed by atoms with Crippen molar-refractivity contribution in [1.82, 2.24) is 14.9 Å². The zero-order valence-electron chi connectivity index (χ0n) is 13.3. The number of aromatic nitrogens is 2. The molecule has 2 rings (SSSR count). The maximum absolute atomic E-state index is 12.4. The van der Waals surface area contributed by atoms with E-state index in [1.165, 1.54) is 7.11 Å². The van der Waals surface area contributed by atoms with E-state index in [4.69, 9.17) is 4.74 Å². The predicted octanol–water partition coefficient (Wildman–Crippen LogP) is 1.49. The molecule has 2 N–H and O–H groups in total. The second-order valence-corrected chi connectivity index (χ2v) is 6.77. The van der Waals surface area contributed by atoms with Crippen molar-refractivity contribution in [2.45, 2.75) is 18.7 Å². The summed E-state index contributed by atoms with van der Waals surface area (Å²) >= 11 is 0. The summed E-state index contributed by atoms with van der Waals surface area (Å²) in [6, 6.07) is 8.65. The summed E-state index contributed by atoms with van der Waals surface area (Å²) in [5, 5.41) is 10.9. The molecule has 0 amide bonds. The molecule has 1 aromatic heterocycles. The summed E-state index contributed by atoms with van der Waals surface area (Å²) in [4.78, 5) is 0.134. The van der Waals surface area contributed by atoms with Crippen LogP contribution < -0.4 is 14.8 Å². The Morgan fingerprint density at radius 1 is 1.09 bits per heavy atom. The lowest BCUT2D eigenvalue weighted by atomic mass is 10.2. The maximum Gasteiger partial charge on any atom is 0.244 e. The number of sulfonamides is 1. The van der Waals surface area contributed by atoms with Gasteiger partial charge in [0.2, 0.25) is 10.0 Å². The van der Waals surface area contributed by atoms with Crippen LogP contribution in [0.5, 0.6) is 5.75 Å². The van der Waals surface area contributed by atoms with Crippen molar-refractivity contribution in [3.63, 3.8) is 0 Å². The van der Waals surface area contributed by atoms with Gasteiger partial charge in [-0.25, -0.2) is 13.1 Å². The largest absolute Gasteiger partial charge is 0.495 e. The summed E-state index contributed by atoms with van der Waals surface area (Å²) in [6.07, 6.45) is 0. The summed E-state index contributed by atoms with van der Waals surface area (Å²) in [5.41, 5.74) is 1.67. The minimum atomic E-state index is -3.64. The molecule has 0 radical (unpaired) electrons. The standard InChI is InChI=1S/C15H20N4O3S/c1-11-4-6-13(22-3)14(10-11)23(20,21)17-9-8-16-15-7-5-12(2)18-19-15/h4-7,10,17H,8-9H2,1-3H3,(H,16,19). The van der Waals surface area contributed by atoms with Crippen LogP contribution >= 0.6 is 0 Å². The predicted molar refractivity (Wildman–Crippen MR) is 88.2 cm³/mol. The number of benzene rings is 1. The fourth-order valence-corrected chi connectivity index (χ4v) is 3.22. The van der Waals surface area contributed by atoms with Gasteiger partial charge in [-0.05, 0) is 43.7 Å². The van der Waals surface area contributed by atoms with E-state index in [9.17, 15) is 8.42 Å². The molecule has 1 aromatic carbocycles. The first-order chi connectivity index (χ1) is 10.9. The van der Waals surface area contributed by atoms with E-state index in [2.05, 4.69) is 20.2 Å². The highest BCUT2D eigenvalue weighted by molar-refractivity contribution is 7.89. The number of rotatable bonds is 7. The van der Waals surface area contributed by atoms with E-state index in [0.717, 1.165) is 11.3 Å². The van der Waals surface area contributed by atoms with Gasteiger partial charge in [0.05, 0.1) is 12.8 Å². The molecular formula is C15H20N4O3S. The smallest absolute Gasteiger partial charge is 0.244 e. The van der Waals surface area contributed by atoms with Crippen LogP contribution in [0.3, 0.4) is 0 Å². The van der Waals surface area contributed by atoms with Crippen molar-refractivity contribution in [2.75, 3.05) is 25.5 Å². The van der Waals surface area contributed by atoms with Crippen molar-refractivity contribution in [1.29, 1.82) is 0 Å². The fourth-order valence-electron chi connectivity index (χ4n) is 1.94. The first kappa shape index (κ1) is 17.2. The first-order valence-corrected chi connectivity index (χ1v) is 8.59. The van der Waals surface area contributed by atoms with Crippen molar-refractivity contribution in [3.05, 3.63) is 41.6 Å². The molecule has 7 nitrogen and oxygen atoms in total. The van der Waals surface area contributed by atoms with Gasteiger partial charge in [-0.15, -0.1) is 5.10 Å². The average Bonchev–Trinajstić information content (AvgIpc) is 2.53. The molecule has 0 aliphatic rings. The average molecular weight is 336 g/mol. The Hall–Kier alpha value is -2.19. The molecule has 0 saturated heterocycles. The summed E-state index contributed by atoms with van der Waals surface area (Å²) in [6.45, 7) is 4.29. The molecule has 1 heterocycles. The molecule has 2 aromatic rings. The van der Waals surface area contributed by atoms with E-state index in [-0.39, 0.29) is 11.4 Å². The quantitative estimate of drug-likeness (QED) is 0.744. The van der Waals surface area contributed by atoms with Crippen molar-refractivity contribution in [2.24, 2.45) is 0 Å². The Balaban J connectivity index is 1.96. The Bertz CT molecular complexity index is 761. The van der Waals surface area contributed by atoms with Crippen LogP contribution in [-0.2, 0) is 10.0 Å². The highest BCUT2D eigenvalue weighted by Gasteiger charge is 2.18. The minimum absolute atomic E-state index is 0.134. The SMILES string of the molecule is COc1ccc(C)cc1S(=O)(=O)NCCNc1ccc(C)nn1. The number of methoxy groups -OCH3 is 1. The van der Waals surface area contributed by atoms with Gasteiger partial charge in [0, 0.05) is 13.1 Å². The Labute approximate surface area is 136 Å². The van der Waals surface area contributed by atoms with E-state index >= 15 is 0 Å². The van der Waals surface area contributed by atoms with Gasteiger partial charge >= 0.3 is 0 Å². The van der Waals surface area contributed by atoms with E-state index in [0.29, 0.717) is 18.1 Å². The van der Waals surface area contributed by atoms with Crippen molar-refractivity contribution < 1.29 is 13.2 Å². The van der Waals surface area contributed by atoms with Crippen LogP contribution in [-0.4, -0.2) is 38.8 Å². The summed E-state index contributed by atoms with van der Waals surface area (Å²) in [7, 11) is -2.19. The number of anilines is 1. The summed E-state index contributed by atoms with van der Waals surface area (Å²) < 4.78 is 32.4. The monoisotopic (exact) mass is 336 g/mol. The zero-order chi connectivity index (χ0) is 16.9. The van der Waals surface area contributed by atoms with Crippen LogP contribution in [0, 0.1) is 13.8 Å². The molecule has 0 aliphatic heterocycles. The second kappa shape index (κ2) is 7.38. The first-order valence-electron chi connectivity index (χ1n) is 7.11. The lowest BCUT2D eigenvalue weighted by molar-refractivity contribution is 0.402. The van der Waals surface area contributed by atoms with Crippen molar-refractivity contribution in [3.8, 4) is 5.75 Å². The highest BCUT2D eigenvalue weighted by Crippen LogP contribution is 2.24. The number of nitrogens with one attached hydrogen (secondary N) is 2. The Morgan fingerprint density at radius 3 is 2.52 bits per heavy atom. The van der Waals surface area contributed by atoms with E-state index in [1.54, 1.807) is 24.3 Å². The van der Waals surface area contributed by atoms with Gasteiger partial charge in [0.25, 0.3) is 0 Å². The van der Waals surface area contributed by atoms with Crippen LogP contribution in [0.25, 0.3) is 0 Å². The Kier molecular flexibility index (Phi) is 5.51. The topological polar surface area (TPSA) is 93.2 Å². The molecule has 23 heavy (non-hydrogen) atoms. The van der Waals surface area contributed by atoms with E-state index in [1.807, 2.05) is 19.9 Å². The second-order valence-electron chi connectivity index (χ2n) is 5.04. The molecule has 0 atom stereocenters. The molecule has 0 unspecified atom stereocenters. The lowest BCUT2D eigenvalue weighted by Crippen LogP contribution is -2.29. The fraction of sp³-hybridized carbons (Fsp3) is 0.333. The molecule has 8 heteroatoms. The van der Waals surface area contributed by atoms with Gasteiger partial charge in [0.1, 0.15) is 16.5 Å². The number of aryl methyl sites for hydroxylation is 2. The third-order valence-electron chi connectivity index (χ3n) is 3.13. The van der Waals surface area contributed by atoms with Crippen LogP contribution in [0.1, 0.15) is 11.3 Å². The maximum atomic E-state index is 12.4. The van der Waals surface area contributed by atoms with Gasteiger partial charge in [-0.1, -0.05) is 6.07 Å². The molecule has 0 bridgehead atoms. The van der Waals surface area contributed by atoms with Crippen LogP contribution in [0.4, 0.5) is 5.82 Å². The number of nitrogens with zero attached hydrogens (tertiary/aromatic N) is 2. The van der Waals surface area contributed by atoms with Gasteiger partial charge in [-0.2, -0.15) is 5.10 Å². The molecule has 0 saturated carbocycles. The minimum Gasteiger partial charge on any atom is -0.495 e. The van der Waals surface area contributed by atoms with Crippen LogP contribution in [0.15, 0.2) is 35.2 Å². The van der Waals surface area contributed by atoms with Crippen molar-refractivity contribution >= 4 is 15.8 Å². The Morgan fingerprint density at radius 2 is 1.87 bits per heavy atom.